The van der Waals surface area contributed by atoms with E-state index in [4.69, 9.17) is 23.2 Å². The van der Waals surface area contributed by atoms with Crippen molar-refractivity contribution in [2.75, 3.05) is 0 Å². The van der Waals surface area contributed by atoms with Gasteiger partial charge < -0.3 is 4.57 Å². The maximum atomic E-state index is 6.07. The van der Waals surface area contributed by atoms with Crippen LogP contribution in [0, 0.1) is 6.92 Å². The Kier molecular flexibility index (Phi) is 3.87. The number of alkyl halides is 1. The summed E-state index contributed by atoms with van der Waals surface area (Å²) >= 11 is 12.0. The van der Waals surface area contributed by atoms with Crippen LogP contribution in [-0.4, -0.2) is 14.5 Å². The molecule has 3 rings (SSSR count). The van der Waals surface area contributed by atoms with Crippen molar-refractivity contribution in [3.05, 3.63) is 58.5 Å². The normalized spacial score (nSPS) is 12.8. The van der Waals surface area contributed by atoms with Crippen LogP contribution in [0.15, 0.2) is 36.4 Å². The average molecular weight is 320 g/mol. The van der Waals surface area contributed by atoms with Crippen LogP contribution in [0.1, 0.15) is 30.0 Å². The zero-order chi connectivity index (χ0) is 15.0. The van der Waals surface area contributed by atoms with Crippen molar-refractivity contribution in [1.29, 1.82) is 0 Å². The van der Waals surface area contributed by atoms with Crippen LogP contribution < -0.4 is 0 Å². The molecule has 1 aromatic carbocycles. The lowest BCUT2D eigenvalue weighted by Gasteiger charge is -2.17. The molecule has 0 N–H and O–H groups in total. The number of benzene rings is 1. The summed E-state index contributed by atoms with van der Waals surface area (Å²) in [7, 11) is 0. The predicted octanol–water partition coefficient (Wildman–Crippen LogP) is 4.74. The number of rotatable bonds is 3. The van der Waals surface area contributed by atoms with Crippen LogP contribution in [0.4, 0.5) is 0 Å². The number of hydrogen-bond acceptors (Lipinski definition) is 2. The number of aromatic nitrogens is 3. The molecule has 0 radical (unpaired) electrons. The van der Waals surface area contributed by atoms with Crippen molar-refractivity contribution >= 4 is 34.4 Å². The van der Waals surface area contributed by atoms with Crippen molar-refractivity contribution in [2.45, 2.75) is 25.8 Å². The molecular formula is C16H15Cl2N3. The van der Waals surface area contributed by atoms with Crippen molar-refractivity contribution in [1.82, 2.24) is 14.5 Å². The summed E-state index contributed by atoms with van der Waals surface area (Å²) in [6.07, 6.45) is 0. The highest BCUT2D eigenvalue weighted by atomic mass is 35.5. The molecule has 0 aliphatic rings. The van der Waals surface area contributed by atoms with Gasteiger partial charge >= 0.3 is 0 Å². The molecule has 0 aliphatic heterocycles. The van der Waals surface area contributed by atoms with Crippen molar-refractivity contribution in [3.8, 4) is 0 Å². The van der Waals surface area contributed by atoms with E-state index < -0.39 is 0 Å². The number of aryl methyl sites for hydroxylation is 1. The Bertz CT molecular complexity index is 778. The molecule has 0 aliphatic carbocycles. The predicted molar refractivity (Wildman–Crippen MR) is 87.1 cm³/mol. The quantitative estimate of drug-likeness (QED) is 0.653. The van der Waals surface area contributed by atoms with Gasteiger partial charge in [-0.2, -0.15) is 0 Å². The number of nitrogens with zero attached hydrogens (tertiary/aromatic N) is 3. The van der Waals surface area contributed by atoms with Gasteiger partial charge in [-0.05, 0) is 43.7 Å². The molecule has 0 fully saturated rings. The molecule has 1 atom stereocenters. The van der Waals surface area contributed by atoms with E-state index in [9.17, 15) is 0 Å². The maximum absolute atomic E-state index is 6.07. The standard InChI is InChI=1S/C16H15Cl2N3/c1-10-3-8-14-16(19-10)21(15(9-17)20-14)11(2)12-4-6-13(18)7-5-12/h3-8,11H,9H2,1-2H3. The minimum Gasteiger partial charge on any atom is -0.304 e. The van der Waals surface area contributed by atoms with Gasteiger partial charge in [0.2, 0.25) is 0 Å². The average Bonchev–Trinajstić information content (AvgIpc) is 2.85. The molecule has 108 valence electrons. The van der Waals surface area contributed by atoms with E-state index >= 15 is 0 Å². The largest absolute Gasteiger partial charge is 0.304 e. The van der Waals surface area contributed by atoms with Crippen LogP contribution in [0.3, 0.4) is 0 Å². The summed E-state index contributed by atoms with van der Waals surface area (Å²) in [6, 6.07) is 11.9. The third-order valence-corrected chi connectivity index (χ3v) is 4.10. The summed E-state index contributed by atoms with van der Waals surface area (Å²) < 4.78 is 2.10. The minimum atomic E-state index is 0.0929. The number of imidazole rings is 1. The first-order valence-electron chi connectivity index (χ1n) is 6.76. The van der Waals surface area contributed by atoms with Gasteiger partial charge in [0, 0.05) is 10.7 Å². The van der Waals surface area contributed by atoms with Crippen LogP contribution in [0.25, 0.3) is 11.2 Å². The molecule has 3 nitrogen and oxygen atoms in total. The first-order chi connectivity index (χ1) is 10.1. The van der Waals surface area contributed by atoms with Crippen molar-refractivity contribution in [2.24, 2.45) is 0 Å². The fourth-order valence-corrected chi connectivity index (χ4v) is 2.82. The number of hydrogen-bond donors (Lipinski definition) is 0. The fraction of sp³-hybridized carbons (Fsp3) is 0.250. The topological polar surface area (TPSA) is 30.7 Å². The number of pyridine rings is 1. The van der Waals surface area contributed by atoms with Crippen molar-refractivity contribution in [3.63, 3.8) is 0 Å². The number of halogens is 2. The summed E-state index contributed by atoms with van der Waals surface area (Å²) in [6.45, 7) is 4.09. The van der Waals surface area contributed by atoms with Crippen molar-refractivity contribution < 1.29 is 0 Å². The van der Waals surface area contributed by atoms with Crippen LogP contribution in [0.2, 0.25) is 5.02 Å². The molecule has 21 heavy (non-hydrogen) atoms. The molecule has 0 saturated carbocycles. The van der Waals surface area contributed by atoms with Crippen LogP contribution in [-0.2, 0) is 5.88 Å². The third kappa shape index (κ3) is 2.63. The molecule has 2 aromatic heterocycles. The van der Waals surface area contributed by atoms with Gasteiger partial charge in [-0.15, -0.1) is 11.6 Å². The highest BCUT2D eigenvalue weighted by molar-refractivity contribution is 6.30. The van der Waals surface area contributed by atoms with E-state index in [0.717, 1.165) is 33.3 Å². The van der Waals surface area contributed by atoms with Gasteiger partial charge in [-0.3, -0.25) is 0 Å². The summed E-state index contributed by atoms with van der Waals surface area (Å²) in [4.78, 5) is 9.20. The monoisotopic (exact) mass is 319 g/mol. The Balaban J connectivity index is 2.17. The van der Waals surface area contributed by atoms with Gasteiger partial charge in [0.25, 0.3) is 0 Å². The van der Waals surface area contributed by atoms with Gasteiger partial charge in [-0.1, -0.05) is 23.7 Å². The van der Waals surface area contributed by atoms with E-state index in [0.29, 0.717) is 5.88 Å². The van der Waals surface area contributed by atoms with E-state index in [1.54, 1.807) is 0 Å². The molecule has 0 spiro atoms. The molecule has 0 amide bonds. The zero-order valence-corrected chi connectivity index (χ0v) is 13.4. The van der Waals surface area contributed by atoms with Gasteiger partial charge in [0.1, 0.15) is 11.3 Å². The fourth-order valence-electron chi connectivity index (χ4n) is 2.51. The first kappa shape index (κ1) is 14.4. The molecule has 2 heterocycles. The minimum absolute atomic E-state index is 0.0929. The van der Waals surface area contributed by atoms with Gasteiger partial charge in [-0.25, -0.2) is 9.97 Å². The molecule has 0 bridgehead atoms. The first-order valence-corrected chi connectivity index (χ1v) is 7.67. The molecular weight excluding hydrogens is 305 g/mol. The second kappa shape index (κ2) is 5.66. The highest BCUT2D eigenvalue weighted by Crippen LogP contribution is 2.26. The maximum Gasteiger partial charge on any atom is 0.160 e. The second-order valence-electron chi connectivity index (χ2n) is 5.05. The lowest BCUT2D eigenvalue weighted by Crippen LogP contribution is -2.10. The van der Waals surface area contributed by atoms with Crippen LogP contribution in [0.5, 0.6) is 0 Å². The second-order valence-corrected chi connectivity index (χ2v) is 5.76. The zero-order valence-electron chi connectivity index (χ0n) is 11.8. The number of fused-ring (bicyclic) bond motifs is 1. The lowest BCUT2D eigenvalue weighted by atomic mass is 10.1. The molecule has 0 saturated heterocycles. The Morgan fingerprint density at radius 3 is 2.48 bits per heavy atom. The molecule has 5 heteroatoms. The van der Waals surface area contributed by atoms with Gasteiger partial charge in [0.05, 0.1) is 11.9 Å². The summed E-state index contributed by atoms with van der Waals surface area (Å²) in [5.41, 5.74) is 3.85. The summed E-state index contributed by atoms with van der Waals surface area (Å²) in [5.74, 6) is 1.18. The Morgan fingerprint density at radius 1 is 1.10 bits per heavy atom. The molecule has 3 aromatic rings. The van der Waals surface area contributed by atoms with E-state index in [2.05, 4.69) is 21.5 Å². The summed E-state index contributed by atoms with van der Waals surface area (Å²) in [5, 5.41) is 0.730. The van der Waals surface area contributed by atoms with E-state index in [-0.39, 0.29) is 6.04 Å². The van der Waals surface area contributed by atoms with E-state index in [1.807, 2.05) is 43.3 Å². The lowest BCUT2D eigenvalue weighted by molar-refractivity contribution is 0.628. The van der Waals surface area contributed by atoms with Crippen LogP contribution >= 0.6 is 23.2 Å². The Labute approximate surface area is 133 Å². The Hall–Kier alpha value is -1.58. The third-order valence-electron chi connectivity index (χ3n) is 3.61. The Morgan fingerprint density at radius 2 is 1.81 bits per heavy atom. The SMILES string of the molecule is Cc1ccc2nc(CCl)n(C(C)c3ccc(Cl)cc3)c2n1. The van der Waals surface area contributed by atoms with E-state index in [1.165, 1.54) is 0 Å². The molecule has 1 unspecified atom stereocenters. The highest BCUT2D eigenvalue weighted by Gasteiger charge is 2.17. The van der Waals surface area contributed by atoms with Gasteiger partial charge in [0.15, 0.2) is 5.65 Å². The smallest absolute Gasteiger partial charge is 0.160 e.